The Labute approximate surface area is 103 Å². The summed E-state index contributed by atoms with van der Waals surface area (Å²) >= 11 is 0. The summed E-state index contributed by atoms with van der Waals surface area (Å²) < 4.78 is 48.8. The first-order valence-electron chi connectivity index (χ1n) is 5.23. The molecule has 2 rings (SSSR count). The number of hydrogen-bond acceptors (Lipinski definition) is 0. The third-order valence-electron chi connectivity index (χ3n) is 2.14. The molecule has 0 heterocycles. The van der Waals surface area contributed by atoms with Crippen LogP contribution in [0.5, 0.6) is 0 Å². The van der Waals surface area contributed by atoms with E-state index in [-0.39, 0.29) is 0 Å². The van der Waals surface area contributed by atoms with Gasteiger partial charge in [-0.1, -0.05) is 6.07 Å². The van der Waals surface area contributed by atoms with E-state index < -0.39 is 23.3 Å². The highest BCUT2D eigenvalue weighted by atomic mass is 19.1. The fourth-order valence-electron chi connectivity index (χ4n) is 1.26. The highest BCUT2D eigenvalue weighted by Crippen LogP contribution is 2.06. The summed E-state index contributed by atoms with van der Waals surface area (Å²) in [6.45, 7) is 3.24. The number of halogens is 4. The van der Waals surface area contributed by atoms with E-state index in [2.05, 4.69) is 0 Å². The third kappa shape index (κ3) is 4.57. The van der Waals surface area contributed by atoms with Crippen LogP contribution >= 0.6 is 0 Å². The number of hydrogen-bond donors (Lipinski definition) is 0. The van der Waals surface area contributed by atoms with Crippen LogP contribution in [0.1, 0.15) is 11.1 Å². The van der Waals surface area contributed by atoms with E-state index in [9.17, 15) is 17.6 Å². The van der Waals surface area contributed by atoms with E-state index in [4.69, 9.17) is 0 Å². The molecule has 0 aliphatic heterocycles. The van der Waals surface area contributed by atoms with Crippen molar-refractivity contribution < 1.29 is 17.6 Å². The average Bonchev–Trinajstić information content (AvgIpc) is 2.23. The molecule has 4 heteroatoms. The first-order valence-corrected chi connectivity index (χ1v) is 5.23. The van der Waals surface area contributed by atoms with E-state index in [1.165, 1.54) is 24.3 Å². The lowest BCUT2D eigenvalue weighted by Crippen LogP contribution is -1.81. The molecule has 0 nitrogen and oxygen atoms in total. The molecule has 0 aliphatic carbocycles. The molecule has 0 unspecified atom stereocenters. The van der Waals surface area contributed by atoms with Crippen LogP contribution < -0.4 is 0 Å². The second-order valence-electron chi connectivity index (χ2n) is 3.84. The first-order chi connectivity index (χ1) is 8.38. The van der Waals surface area contributed by atoms with Crippen molar-refractivity contribution in [3.05, 3.63) is 70.8 Å². The Balaban J connectivity index is 0.000000180. The van der Waals surface area contributed by atoms with Gasteiger partial charge in [0.05, 0.1) is 0 Å². The monoisotopic (exact) mass is 256 g/mol. The maximum Gasteiger partial charge on any atom is 0.129 e. The van der Waals surface area contributed by atoms with Gasteiger partial charge in [0, 0.05) is 12.1 Å². The molecule has 2 aromatic carbocycles. The zero-order valence-electron chi connectivity index (χ0n) is 9.98. The lowest BCUT2D eigenvalue weighted by molar-refractivity contribution is 0.577. The number of aryl methyl sites for hydroxylation is 2. The molecule has 0 N–H and O–H groups in total. The SMILES string of the molecule is Cc1cc(F)cc(F)c1.Cc1ccc(F)cc1F. The third-order valence-corrected chi connectivity index (χ3v) is 2.14. The normalized spacial score (nSPS) is 9.67. The Morgan fingerprint density at radius 2 is 1.22 bits per heavy atom. The summed E-state index contributed by atoms with van der Waals surface area (Å²) in [5.74, 6) is -2.06. The Hall–Kier alpha value is -1.84. The minimum absolute atomic E-state index is 0.469. The van der Waals surface area contributed by atoms with Crippen LogP contribution in [0, 0.1) is 37.1 Å². The Morgan fingerprint density at radius 3 is 1.61 bits per heavy atom. The summed E-state index contributed by atoms with van der Waals surface area (Å²) in [7, 11) is 0. The van der Waals surface area contributed by atoms with Crippen molar-refractivity contribution in [2.45, 2.75) is 13.8 Å². The Kier molecular flexibility index (Phi) is 4.89. The lowest BCUT2D eigenvalue weighted by Gasteiger charge is -1.92. The molecule has 0 aromatic heterocycles. The average molecular weight is 256 g/mol. The molecule has 0 radical (unpaired) electrons. The van der Waals surface area contributed by atoms with Crippen LogP contribution in [0.15, 0.2) is 36.4 Å². The Morgan fingerprint density at radius 1 is 0.667 bits per heavy atom. The molecule has 0 spiro atoms. The summed E-state index contributed by atoms with van der Waals surface area (Å²) in [6, 6.07) is 6.93. The van der Waals surface area contributed by atoms with Gasteiger partial charge in [-0.15, -0.1) is 0 Å². The molecule has 0 saturated heterocycles. The number of benzene rings is 2. The number of rotatable bonds is 0. The van der Waals surface area contributed by atoms with Crippen LogP contribution in [0.2, 0.25) is 0 Å². The van der Waals surface area contributed by atoms with E-state index in [0.717, 1.165) is 12.1 Å². The topological polar surface area (TPSA) is 0 Å². The molecule has 0 bridgehead atoms. The summed E-state index contributed by atoms with van der Waals surface area (Å²) in [5, 5.41) is 0. The summed E-state index contributed by atoms with van der Waals surface area (Å²) in [5.41, 5.74) is 1.07. The van der Waals surface area contributed by atoms with Crippen molar-refractivity contribution in [1.82, 2.24) is 0 Å². The standard InChI is InChI=1S/2C7H6F2/c1-5-2-6(8)4-7(9)3-5;1-5-2-3-6(8)4-7(5)9/h2*2-4H,1H3. The van der Waals surface area contributed by atoms with Crippen LogP contribution in [0.4, 0.5) is 17.6 Å². The zero-order chi connectivity index (χ0) is 13.7. The quantitative estimate of drug-likeness (QED) is 0.607. The summed E-state index contributed by atoms with van der Waals surface area (Å²) in [4.78, 5) is 0. The van der Waals surface area contributed by atoms with Crippen LogP contribution in [-0.2, 0) is 0 Å². The van der Waals surface area contributed by atoms with E-state index in [1.807, 2.05) is 0 Å². The fourth-order valence-corrected chi connectivity index (χ4v) is 1.26. The van der Waals surface area contributed by atoms with Crippen molar-refractivity contribution in [1.29, 1.82) is 0 Å². The molecule has 2 aromatic rings. The van der Waals surface area contributed by atoms with Gasteiger partial charge >= 0.3 is 0 Å². The van der Waals surface area contributed by atoms with E-state index in [1.54, 1.807) is 13.8 Å². The largest absolute Gasteiger partial charge is 0.207 e. The molecule has 0 atom stereocenters. The Bertz CT molecular complexity index is 485. The second kappa shape index (κ2) is 6.19. The molecule has 96 valence electrons. The van der Waals surface area contributed by atoms with Crippen molar-refractivity contribution in [2.24, 2.45) is 0 Å². The minimum Gasteiger partial charge on any atom is -0.207 e. The lowest BCUT2D eigenvalue weighted by atomic mass is 10.2. The van der Waals surface area contributed by atoms with E-state index in [0.29, 0.717) is 11.1 Å². The van der Waals surface area contributed by atoms with Gasteiger partial charge in [-0.3, -0.25) is 0 Å². The van der Waals surface area contributed by atoms with Gasteiger partial charge in [-0.25, -0.2) is 17.6 Å². The molecule has 18 heavy (non-hydrogen) atoms. The van der Waals surface area contributed by atoms with Crippen LogP contribution in [0.3, 0.4) is 0 Å². The predicted molar refractivity (Wildman–Crippen MR) is 62.2 cm³/mol. The van der Waals surface area contributed by atoms with Gasteiger partial charge in [0.1, 0.15) is 23.3 Å². The van der Waals surface area contributed by atoms with Crippen molar-refractivity contribution in [2.75, 3.05) is 0 Å². The molecular formula is C14H12F4. The van der Waals surface area contributed by atoms with Crippen LogP contribution in [0.25, 0.3) is 0 Å². The van der Waals surface area contributed by atoms with Crippen LogP contribution in [-0.4, -0.2) is 0 Å². The first kappa shape index (κ1) is 14.2. The summed E-state index contributed by atoms with van der Waals surface area (Å²) in [6.07, 6.45) is 0. The van der Waals surface area contributed by atoms with Gasteiger partial charge in [0.2, 0.25) is 0 Å². The van der Waals surface area contributed by atoms with Gasteiger partial charge < -0.3 is 0 Å². The molecular weight excluding hydrogens is 244 g/mol. The zero-order valence-corrected chi connectivity index (χ0v) is 9.98. The maximum atomic E-state index is 12.3. The van der Waals surface area contributed by atoms with Crippen molar-refractivity contribution in [3.63, 3.8) is 0 Å². The van der Waals surface area contributed by atoms with Gasteiger partial charge in [0.15, 0.2) is 0 Å². The van der Waals surface area contributed by atoms with Gasteiger partial charge in [0.25, 0.3) is 0 Å². The predicted octanol–water partition coefficient (Wildman–Crippen LogP) is 4.55. The van der Waals surface area contributed by atoms with Crippen molar-refractivity contribution >= 4 is 0 Å². The van der Waals surface area contributed by atoms with Gasteiger partial charge in [-0.2, -0.15) is 0 Å². The molecule has 0 fully saturated rings. The maximum absolute atomic E-state index is 12.3. The highest BCUT2D eigenvalue weighted by Gasteiger charge is 1.96. The highest BCUT2D eigenvalue weighted by molar-refractivity contribution is 5.16. The molecule has 0 aliphatic rings. The smallest absolute Gasteiger partial charge is 0.129 e. The van der Waals surface area contributed by atoms with Crippen molar-refractivity contribution in [3.8, 4) is 0 Å². The van der Waals surface area contributed by atoms with E-state index >= 15 is 0 Å². The molecule has 0 saturated carbocycles. The second-order valence-corrected chi connectivity index (χ2v) is 3.84. The fraction of sp³-hybridized carbons (Fsp3) is 0.143. The molecule has 0 amide bonds. The van der Waals surface area contributed by atoms with Gasteiger partial charge in [-0.05, 0) is 43.2 Å². The minimum atomic E-state index is -0.530.